The summed E-state index contributed by atoms with van der Waals surface area (Å²) in [6, 6.07) is 0. The van der Waals surface area contributed by atoms with Crippen molar-refractivity contribution in [3.63, 3.8) is 0 Å². The van der Waals surface area contributed by atoms with Crippen molar-refractivity contribution in [2.24, 2.45) is 0 Å². The van der Waals surface area contributed by atoms with Gasteiger partial charge < -0.3 is 24.4 Å². The van der Waals surface area contributed by atoms with Gasteiger partial charge in [0.15, 0.2) is 0 Å². The highest BCUT2D eigenvalue weighted by Gasteiger charge is 2.10. The number of hydrogen-bond acceptors (Lipinski definition) is 6. The Kier molecular flexibility index (Phi) is 14.2. The van der Waals surface area contributed by atoms with Crippen molar-refractivity contribution >= 4 is 5.97 Å². The molecule has 0 aliphatic rings. The molecule has 0 fully saturated rings. The fourth-order valence-electron chi connectivity index (χ4n) is 1.59. The van der Waals surface area contributed by atoms with Gasteiger partial charge >= 0.3 is 5.97 Å². The maximum Gasteiger partial charge on any atom is 0.308 e. The second-order valence-corrected chi connectivity index (χ2v) is 4.52. The van der Waals surface area contributed by atoms with Gasteiger partial charge in [0.25, 0.3) is 0 Å². The number of hydrogen-bond donors (Lipinski definition) is 2. The van der Waals surface area contributed by atoms with E-state index in [1.54, 1.807) is 0 Å². The standard InChI is InChI=1S/C14H28O6/c1-2-3-4-5-6-7-13(16)20-14(17)12-19-11-10-18-9-8-15/h14-15,17H,2-12H2,1H3. The predicted octanol–water partition coefficient (Wildman–Crippen LogP) is 1.23. The number of ether oxygens (including phenoxy) is 3. The van der Waals surface area contributed by atoms with Crippen LogP contribution >= 0.6 is 0 Å². The number of unbranched alkanes of at least 4 members (excludes halogenated alkanes) is 4. The number of aliphatic hydroxyl groups is 2. The van der Waals surface area contributed by atoms with Gasteiger partial charge in [-0.15, -0.1) is 0 Å². The number of carbonyl (C=O) groups is 1. The van der Waals surface area contributed by atoms with Crippen LogP contribution in [0.4, 0.5) is 0 Å². The molecule has 0 spiro atoms. The minimum Gasteiger partial charge on any atom is -0.433 e. The summed E-state index contributed by atoms with van der Waals surface area (Å²) < 4.78 is 14.8. The summed E-state index contributed by atoms with van der Waals surface area (Å²) in [6.07, 6.45) is 4.39. The summed E-state index contributed by atoms with van der Waals surface area (Å²) in [5, 5.41) is 17.9. The van der Waals surface area contributed by atoms with Gasteiger partial charge in [-0.3, -0.25) is 4.79 Å². The van der Waals surface area contributed by atoms with Crippen molar-refractivity contribution in [2.75, 3.05) is 33.0 Å². The topological polar surface area (TPSA) is 85.2 Å². The van der Waals surface area contributed by atoms with Crippen LogP contribution < -0.4 is 0 Å². The number of aliphatic hydroxyl groups excluding tert-OH is 2. The zero-order chi connectivity index (χ0) is 15.1. The smallest absolute Gasteiger partial charge is 0.308 e. The molecular weight excluding hydrogens is 264 g/mol. The lowest BCUT2D eigenvalue weighted by molar-refractivity contribution is -0.177. The van der Waals surface area contributed by atoms with Gasteiger partial charge in [0.05, 0.1) is 26.4 Å². The fourth-order valence-corrected chi connectivity index (χ4v) is 1.59. The summed E-state index contributed by atoms with van der Waals surface area (Å²) >= 11 is 0. The molecule has 2 N–H and O–H groups in total. The molecule has 0 aromatic heterocycles. The minimum absolute atomic E-state index is 0.0293. The lowest BCUT2D eigenvalue weighted by Gasteiger charge is -2.12. The second-order valence-electron chi connectivity index (χ2n) is 4.52. The molecule has 0 bridgehead atoms. The lowest BCUT2D eigenvalue weighted by Crippen LogP contribution is -2.24. The van der Waals surface area contributed by atoms with Crippen LogP contribution in [0.25, 0.3) is 0 Å². The Bertz CT molecular complexity index is 222. The molecule has 6 nitrogen and oxygen atoms in total. The molecule has 6 heteroatoms. The maximum absolute atomic E-state index is 11.4. The van der Waals surface area contributed by atoms with E-state index in [1.807, 2.05) is 0 Å². The van der Waals surface area contributed by atoms with Crippen molar-refractivity contribution in [2.45, 2.75) is 51.7 Å². The maximum atomic E-state index is 11.4. The van der Waals surface area contributed by atoms with Crippen LogP contribution in [0, 0.1) is 0 Å². The van der Waals surface area contributed by atoms with Gasteiger partial charge in [-0.25, -0.2) is 0 Å². The zero-order valence-corrected chi connectivity index (χ0v) is 12.4. The summed E-state index contributed by atoms with van der Waals surface area (Å²) in [6.45, 7) is 2.92. The van der Waals surface area contributed by atoms with Crippen LogP contribution in [0.15, 0.2) is 0 Å². The van der Waals surface area contributed by atoms with Crippen molar-refractivity contribution in [3.05, 3.63) is 0 Å². The monoisotopic (exact) mass is 292 g/mol. The molecule has 0 aliphatic carbocycles. The Hall–Kier alpha value is -0.690. The molecule has 0 heterocycles. The van der Waals surface area contributed by atoms with E-state index in [9.17, 15) is 9.90 Å². The van der Waals surface area contributed by atoms with Crippen molar-refractivity contribution in [1.82, 2.24) is 0 Å². The fraction of sp³-hybridized carbons (Fsp3) is 0.929. The van der Waals surface area contributed by atoms with Crippen molar-refractivity contribution in [3.8, 4) is 0 Å². The van der Waals surface area contributed by atoms with Gasteiger partial charge in [-0.1, -0.05) is 32.6 Å². The third-order valence-electron chi connectivity index (χ3n) is 2.62. The van der Waals surface area contributed by atoms with Gasteiger partial charge in [-0.05, 0) is 6.42 Å². The van der Waals surface area contributed by atoms with Crippen LogP contribution in [-0.2, 0) is 19.0 Å². The first kappa shape index (κ1) is 19.3. The third-order valence-corrected chi connectivity index (χ3v) is 2.62. The van der Waals surface area contributed by atoms with E-state index >= 15 is 0 Å². The highest BCUT2D eigenvalue weighted by atomic mass is 16.7. The van der Waals surface area contributed by atoms with Crippen molar-refractivity contribution < 1.29 is 29.2 Å². The first-order valence-corrected chi connectivity index (χ1v) is 7.34. The SMILES string of the molecule is CCCCCCCC(=O)OC(O)COCCOCCO. The molecule has 20 heavy (non-hydrogen) atoms. The van der Waals surface area contributed by atoms with Crippen LogP contribution in [0.5, 0.6) is 0 Å². The molecule has 1 unspecified atom stereocenters. The first-order valence-electron chi connectivity index (χ1n) is 7.34. The molecule has 120 valence electrons. The second kappa shape index (κ2) is 14.7. The van der Waals surface area contributed by atoms with Gasteiger partial charge in [-0.2, -0.15) is 0 Å². The summed E-state index contributed by atoms with van der Waals surface area (Å²) in [5.74, 6) is -0.394. The van der Waals surface area contributed by atoms with Gasteiger partial charge in [0, 0.05) is 6.42 Å². The number of esters is 1. The van der Waals surface area contributed by atoms with Gasteiger partial charge in [0.2, 0.25) is 6.29 Å². The predicted molar refractivity (Wildman–Crippen MR) is 74.2 cm³/mol. The molecule has 1 atom stereocenters. The Labute approximate surface area is 121 Å². The number of rotatable bonds is 14. The molecule has 0 aliphatic heterocycles. The van der Waals surface area contributed by atoms with E-state index in [0.29, 0.717) is 13.0 Å². The Morgan fingerprint density at radius 3 is 2.45 bits per heavy atom. The molecule has 0 radical (unpaired) electrons. The van der Waals surface area contributed by atoms with Crippen LogP contribution in [-0.4, -0.2) is 55.5 Å². The average molecular weight is 292 g/mol. The minimum atomic E-state index is -1.23. The Morgan fingerprint density at radius 2 is 1.75 bits per heavy atom. The van der Waals surface area contributed by atoms with E-state index in [4.69, 9.17) is 19.3 Å². The van der Waals surface area contributed by atoms with Gasteiger partial charge in [0.1, 0.15) is 6.61 Å². The van der Waals surface area contributed by atoms with Crippen LogP contribution in [0.3, 0.4) is 0 Å². The molecule has 0 saturated carbocycles. The number of carbonyl (C=O) groups excluding carboxylic acids is 1. The molecule has 0 amide bonds. The summed E-state index contributed by atoms with van der Waals surface area (Å²) in [5.41, 5.74) is 0. The van der Waals surface area contributed by atoms with E-state index in [0.717, 1.165) is 19.3 Å². The Balaban J connectivity index is 3.36. The Morgan fingerprint density at radius 1 is 1.05 bits per heavy atom. The van der Waals surface area contributed by atoms with Crippen molar-refractivity contribution in [1.29, 1.82) is 0 Å². The molecular formula is C14H28O6. The van der Waals surface area contributed by atoms with E-state index in [2.05, 4.69) is 6.92 Å². The van der Waals surface area contributed by atoms with Crippen LogP contribution in [0.1, 0.15) is 45.4 Å². The molecule has 0 aromatic carbocycles. The molecule has 0 aromatic rings. The highest BCUT2D eigenvalue weighted by Crippen LogP contribution is 2.06. The van der Waals surface area contributed by atoms with Crippen LogP contribution in [0.2, 0.25) is 0 Å². The zero-order valence-electron chi connectivity index (χ0n) is 12.4. The summed E-state index contributed by atoms with van der Waals surface area (Å²) in [4.78, 5) is 11.4. The summed E-state index contributed by atoms with van der Waals surface area (Å²) in [7, 11) is 0. The normalized spacial score (nSPS) is 12.3. The molecule has 0 saturated heterocycles. The quantitative estimate of drug-likeness (QED) is 0.284. The van der Waals surface area contributed by atoms with E-state index in [-0.39, 0.29) is 26.4 Å². The van der Waals surface area contributed by atoms with E-state index in [1.165, 1.54) is 12.8 Å². The lowest BCUT2D eigenvalue weighted by atomic mass is 10.1. The average Bonchev–Trinajstić information content (AvgIpc) is 2.42. The van der Waals surface area contributed by atoms with E-state index < -0.39 is 12.3 Å². The molecule has 0 rings (SSSR count). The first-order chi connectivity index (χ1) is 9.70. The largest absolute Gasteiger partial charge is 0.433 e. The highest BCUT2D eigenvalue weighted by molar-refractivity contribution is 5.69. The third kappa shape index (κ3) is 13.7.